The van der Waals surface area contributed by atoms with Crippen molar-refractivity contribution in [2.45, 2.75) is 29.8 Å². The Kier molecular flexibility index (Phi) is 6.51. The van der Waals surface area contributed by atoms with Crippen molar-refractivity contribution < 1.29 is 32.6 Å². The zero-order valence-corrected chi connectivity index (χ0v) is 21.6. The van der Waals surface area contributed by atoms with Crippen LogP contribution in [0.15, 0.2) is 58.4 Å². The van der Waals surface area contributed by atoms with Crippen LogP contribution in [0.1, 0.15) is 40.1 Å². The SMILES string of the molecule is CCOC(=O)Oc1c2n(ccc1=O)N([C@@H]1c3ccccc3SCc3c1ccc(F)c3F)C1COCCN1C2=O. The number of pyridine rings is 1. The number of morpholine rings is 1. The van der Waals surface area contributed by atoms with E-state index in [1.54, 1.807) is 18.0 Å². The Hall–Kier alpha value is -3.90. The highest BCUT2D eigenvalue weighted by Gasteiger charge is 2.46. The Morgan fingerprint density at radius 1 is 1.13 bits per heavy atom. The predicted octanol–water partition coefficient (Wildman–Crippen LogP) is 3.81. The van der Waals surface area contributed by atoms with E-state index in [9.17, 15) is 18.8 Å². The molecule has 202 valence electrons. The van der Waals surface area contributed by atoms with Gasteiger partial charge in [-0.15, -0.1) is 11.8 Å². The molecule has 1 amide bonds. The highest BCUT2D eigenvalue weighted by atomic mass is 32.2. The molecular weight excluding hydrogens is 532 g/mol. The van der Waals surface area contributed by atoms with Crippen LogP contribution in [0.2, 0.25) is 0 Å². The fraction of sp³-hybridized carbons (Fsp3) is 0.296. The van der Waals surface area contributed by atoms with Gasteiger partial charge < -0.3 is 19.1 Å². The molecule has 39 heavy (non-hydrogen) atoms. The minimum atomic E-state index is -1.12. The van der Waals surface area contributed by atoms with Gasteiger partial charge in [-0.25, -0.2) is 13.6 Å². The van der Waals surface area contributed by atoms with Gasteiger partial charge in [-0.3, -0.25) is 19.3 Å². The van der Waals surface area contributed by atoms with Crippen LogP contribution in [0.3, 0.4) is 0 Å². The Morgan fingerprint density at radius 2 is 1.95 bits per heavy atom. The maximum atomic E-state index is 15.2. The Balaban J connectivity index is 1.63. The number of carbonyl (C=O) groups excluding carboxylic acids is 2. The fourth-order valence-electron chi connectivity index (χ4n) is 5.30. The molecule has 0 N–H and O–H groups in total. The van der Waals surface area contributed by atoms with E-state index in [0.717, 1.165) is 16.5 Å². The average molecular weight is 556 g/mol. The molecule has 1 saturated heterocycles. The van der Waals surface area contributed by atoms with Crippen LogP contribution >= 0.6 is 11.8 Å². The number of hydrogen-bond acceptors (Lipinski definition) is 8. The maximum Gasteiger partial charge on any atom is 0.514 e. The summed E-state index contributed by atoms with van der Waals surface area (Å²) in [5.41, 5.74) is 0.646. The number of benzene rings is 2. The number of aromatic nitrogens is 1. The number of fused-ring (bicyclic) bond motifs is 4. The highest BCUT2D eigenvalue weighted by Crippen LogP contribution is 2.45. The molecule has 0 bridgehead atoms. The Bertz CT molecular complexity index is 1550. The molecule has 0 spiro atoms. The molecule has 12 heteroatoms. The van der Waals surface area contributed by atoms with Crippen molar-refractivity contribution >= 4 is 23.8 Å². The molecule has 6 rings (SSSR count). The van der Waals surface area contributed by atoms with E-state index in [1.165, 1.54) is 33.6 Å². The summed E-state index contributed by atoms with van der Waals surface area (Å²) in [6.45, 7) is 2.18. The summed E-state index contributed by atoms with van der Waals surface area (Å²) < 4.78 is 47.0. The summed E-state index contributed by atoms with van der Waals surface area (Å²) in [6.07, 6.45) is -0.371. The largest absolute Gasteiger partial charge is 0.514 e. The molecule has 0 radical (unpaired) electrons. The normalized spacial score (nSPS) is 19.8. The third kappa shape index (κ3) is 4.14. The molecule has 2 aromatic carbocycles. The van der Waals surface area contributed by atoms with Crippen LogP contribution in [-0.4, -0.2) is 54.2 Å². The van der Waals surface area contributed by atoms with E-state index in [2.05, 4.69) is 0 Å². The van der Waals surface area contributed by atoms with Crippen LogP contribution in [0.4, 0.5) is 13.6 Å². The first-order valence-corrected chi connectivity index (χ1v) is 13.3. The van der Waals surface area contributed by atoms with Gasteiger partial charge in [0.25, 0.3) is 5.91 Å². The van der Waals surface area contributed by atoms with Gasteiger partial charge in [0.2, 0.25) is 11.2 Å². The fourth-order valence-corrected chi connectivity index (χ4v) is 6.41. The van der Waals surface area contributed by atoms with Crippen molar-refractivity contribution in [3.63, 3.8) is 0 Å². The molecule has 3 aliphatic rings. The van der Waals surface area contributed by atoms with Crippen molar-refractivity contribution in [3.05, 3.63) is 92.9 Å². The van der Waals surface area contributed by atoms with Crippen molar-refractivity contribution in [1.29, 1.82) is 0 Å². The van der Waals surface area contributed by atoms with Gasteiger partial charge in [0.15, 0.2) is 17.3 Å². The first kappa shape index (κ1) is 25.4. The second-order valence-corrected chi connectivity index (χ2v) is 10.1. The number of hydrogen-bond donors (Lipinski definition) is 0. The van der Waals surface area contributed by atoms with Crippen LogP contribution in [0, 0.1) is 11.6 Å². The van der Waals surface area contributed by atoms with E-state index < -0.39 is 47.1 Å². The quantitative estimate of drug-likeness (QED) is 0.451. The summed E-state index contributed by atoms with van der Waals surface area (Å²) in [5.74, 6) is -2.70. The first-order chi connectivity index (χ1) is 18.9. The van der Waals surface area contributed by atoms with Crippen molar-refractivity contribution in [3.8, 4) is 5.75 Å². The van der Waals surface area contributed by atoms with E-state index in [4.69, 9.17) is 14.2 Å². The van der Waals surface area contributed by atoms with Gasteiger partial charge in [0.1, 0.15) is 6.17 Å². The lowest BCUT2D eigenvalue weighted by molar-refractivity contribution is -0.0198. The van der Waals surface area contributed by atoms with Gasteiger partial charge >= 0.3 is 6.16 Å². The number of rotatable bonds is 3. The topological polar surface area (TPSA) is 90.3 Å². The van der Waals surface area contributed by atoms with Crippen LogP contribution in [0.5, 0.6) is 5.75 Å². The molecule has 4 heterocycles. The number of ether oxygens (including phenoxy) is 3. The minimum Gasteiger partial charge on any atom is -0.434 e. The summed E-state index contributed by atoms with van der Waals surface area (Å²) in [6, 6.07) is 10.6. The van der Waals surface area contributed by atoms with E-state index in [1.807, 2.05) is 24.3 Å². The van der Waals surface area contributed by atoms with Gasteiger partial charge in [-0.2, -0.15) is 0 Å². The Morgan fingerprint density at radius 3 is 2.77 bits per heavy atom. The first-order valence-electron chi connectivity index (χ1n) is 12.4. The molecular formula is C27H23F2N3O6S. The maximum absolute atomic E-state index is 15.2. The molecule has 1 aromatic heterocycles. The highest BCUT2D eigenvalue weighted by molar-refractivity contribution is 7.98. The van der Waals surface area contributed by atoms with Crippen molar-refractivity contribution in [2.24, 2.45) is 0 Å². The van der Waals surface area contributed by atoms with Crippen LogP contribution < -0.4 is 15.2 Å². The average Bonchev–Trinajstić information content (AvgIpc) is 3.10. The second-order valence-electron chi connectivity index (χ2n) is 9.08. The number of thioether (sulfide) groups is 1. The number of halogens is 2. The Labute approximate surface area is 225 Å². The van der Waals surface area contributed by atoms with Gasteiger partial charge in [0.05, 0.1) is 25.9 Å². The molecule has 2 atom stereocenters. The standard InChI is InChI=1S/C27H23F2N3O6S/c1-2-37-27(35)38-25-19(33)9-10-31-24(25)26(34)30-11-12-36-13-21(30)32(31)23-15-7-8-18(28)22(29)17(15)14-39-20-6-4-3-5-16(20)23/h3-10,21,23H,2,11-14H2,1H3/t21?,23-/m0/s1. The zero-order valence-electron chi connectivity index (χ0n) is 20.8. The molecule has 0 saturated carbocycles. The molecule has 3 aromatic rings. The van der Waals surface area contributed by atoms with Gasteiger partial charge in [-0.05, 0) is 30.2 Å². The second kappa shape index (κ2) is 10.0. The lowest BCUT2D eigenvalue weighted by Crippen LogP contribution is -2.66. The number of carbonyl (C=O) groups is 2. The summed E-state index contributed by atoms with van der Waals surface area (Å²) in [5, 5.41) is 1.80. The minimum absolute atomic E-state index is 0.0102. The van der Waals surface area contributed by atoms with Gasteiger partial charge in [0, 0.05) is 35.0 Å². The monoisotopic (exact) mass is 555 g/mol. The molecule has 3 aliphatic heterocycles. The van der Waals surface area contributed by atoms with E-state index in [0.29, 0.717) is 5.56 Å². The lowest BCUT2D eigenvalue weighted by atomic mass is 9.93. The third-order valence-electron chi connectivity index (χ3n) is 6.98. The lowest BCUT2D eigenvalue weighted by Gasteiger charge is -2.51. The molecule has 1 fully saturated rings. The van der Waals surface area contributed by atoms with Gasteiger partial charge in [-0.1, -0.05) is 24.3 Å². The van der Waals surface area contributed by atoms with Crippen LogP contribution in [0.25, 0.3) is 0 Å². The third-order valence-corrected chi connectivity index (χ3v) is 8.10. The molecule has 9 nitrogen and oxygen atoms in total. The van der Waals surface area contributed by atoms with Crippen molar-refractivity contribution in [2.75, 3.05) is 31.4 Å². The van der Waals surface area contributed by atoms with E-state index >= 15 is 4.39 Å². The summed E-state index contributed by atoms with van der Waals surface area (Å²) >= 11 is 1.38. The van der Waals surface area contributed by atoms with Crippen LogP contribution in [-0.2, 0) is 15.2 Å². The number of nitrogens with zero attached hydrogens (tertiary/aromatic N) is 3. The summed E-state index contributed by atoms with van der Waals surface area (Å²) in [4.78, 5) is 41.3. The van der Waals surface area contributed by atoms with E-state index in [-0.39, 0.29) is 43.4 Å². The summed E-state index contributed by atoms with van der Waals surface area (Å²) in [7, 11) is 0. The van der Waals surface area contributed by atoms with Crippen molar-refractivity contribution in [1.82, 2.24) is 9.58 Å². The molecule has 0 aliphatic carbocycles. The molecule has 1 unspecified atom stereocenters. The smallest absolute Gasteiger partial charge is 0.434 e. The number of amides is 1. The zero-order chi connectivity index (χ0) is 27.3. The predicted molar refractivity (Wildman–Crippen MR) is 136 cm³/mol.